The summed E-state index contributed by atoms with van der Waals surface area (Å²) in [7, 11) is 0. The molecule has 1 aromatic rings. The Labute approximate surface area is 109 Å². The first-order chi connectivity index (χ1) is 7.75. The van der Waals surface area contributed by atoms with E-state index in [1.54, 1.807) is 6.07 Å². The molecule has 1 aliphatic heterocycles. The smallest absolute Gasteiger partial charge is 0.143 e. The second-order valence-corrected chi connectivity index (χ2v) is 6.21. The zero-order valence-corrected chi connectivity index (χ0v) is 12.0. The fourth-order valence-corrected chi connectivity index (χ4v) is 3.11. The van der Waals surface area contributed by atoms with Gasteiger partial charge in [-0.1, -0.05) is 6.92 Å². The highest BCUT2D eigenvalue weighted by Crippen LogP contribution is 2.43. The average molecular weight is 302 g/mol. The minimum Gasteiger partial charge on any atom is -0.390 e. The van der Waals surface area contributed by atoms with E-state index in [-0.39, 0.29) is 11.7 Å². The molecule has 1 aromatic carbocycles. The molecule has 17 heavy (non-hydrogen) atoms. The zero-order valence-electron chi connectivity index (χ0n) is 10.4. The van der Waals surface area contributed by atoms with Crippen molar-refractivity contribution < 1.29 is 9.50 Å². The maximum Gasteiger partial charge on any atom is 0.143 e. The van der Waals surface area contributed by atoms with Crippen LogP contribution in [0.1, 0.15) is 37.8 Å². The van der Waals surface area contributed by atoms with Gasteiger partial charge in [-0.05, 0) is 48.3 Å². The molecule has 1 aliphatic rings. The summed E-state index contributed by atoms with van der Waals surface area (Å²) in [6.07, 6.45) is -0.613. The van der Waals surface area contributed by atoms with Crippen molar-refractivity contribution in [2.75, 3.05) is 5.32 Å². The molecule has 2 N–H and O–H groups in total. The van der Waals surface area contributed by atoms with Crippen LogP contribution in [0.25, 0.3) is 0 Å². The topological polar surface area (TPSA) is 32.3 Å². The molecule has 0 amide bonds. The van der Waals surface area contributed by atoms with Crippen molar-refractivity contribution in [1.82, 2.24) is 0 Å². The van der Waals surface area contributed by atoms with Gasteiger partial charge >= 0.3 is 0 Å². The van der Waals surface area contributed by atoms with E-state index in [1.807, 2.05) is 27.7 Å². The van der Waals surface area contributed by atoms with E-state index in [4.69, 9.17) is 0 Å². The second-order valence-electron chi connectivity index (χ2n) is 5.36. The molecular weight excluding hydrogens is 285 g/mol. The molecule has 0 aliphatic carbocycles. The third kappa shape index (κ3) is 1.87. The SMILES string of the molecule is Cc1cc(Br)c(F)c2c1NC(C)(C)[C@H](O)[C@H]2C. The summed E-state index contributed by atoms with van der Waals surface area (Å²) in [5.41, 5.74) is 1.93. The van der Waals surface area contributed by atoms with Crippen LogP contribution in [0.15, 0.2) is 10.5 Å². The van der Waals surface area contributed by atoms with E-state index in [1.165, 1.54) is 0 Å². The molecule has 0 aromatic heterocycles. The Kier molecular flexibility index (Phi) is 2.99. The average Bonchev–Trinajstić information content (AvgIpc) is 2.22. The van der Waals surface area contributed by atoms with E-state index in [0.29, 0.717) is 10.0 Å². The lowest BCUT2D eigenvalue weighted by molar-refractivity contribution is 0.0854. The van der Waals surface area contributed by atoms with Gasteiger partial charge in [0.05, 0.1) is 16.1 Å². The molecule has 0 radical (unpaired) electrons. The standard InChI is InChI=1S/C13H17BrFNO/c1-6-5-8(14)10(15)9-7(2)12(17)13(3,4)16-11(6)9/h5,7,12,16-17H,1-4H3/t7-,12+/m0/s1. The van der Waals surface area contributed by atoms with Crippen molar-refractivity contribution in [3.8, 4) is 0 Å². The molecule has 0 saturated carbocycles. The van der Waals surface area contributed by atoms with Gasteiger partial charge < -0.3 is 10.4 Å². The first-order valence-electron chi connectivity index (χ1n) is 5.70. The Bertz CT molecular complexity index is 473. The maximum atomic E-state index is 14.1. The fraction of sp³-hybridized carbons (Fsp3) is 0.538. The summed E-state index contributed by atoms with van der Waals surface area (Å²) < 4.78 is 14.6. The number of anilines is 1. The lowest BCUT2D eigenvalue weighted by Crippen LogP contribution is -2.50. The quantitative estimate of drug-likeness (QED) is 0.768. The molecule has 0 unspecified atom stereocenters. The molecule has 0 bridgehead atoms. The number of hydrogen-bond acceptors (Lipinski definition) is 2. The minimum atomic E-state index is -0.613. The number of hydrogen-bond donors (Lipinski definition) is 2. The molecule has 1 heterocycles. The van der Waals surface area contributed by atoms with Crippen molar-refractivity contribution in [1.29, 1.82) is 0 Å². The van der Waals surface area contributed by atoms with E-state index in [2.05, 4.69) is 21.2 Å². The monoisotopic (exact) mass is 301 g/mol. The predicted molar refractivity (Wildman–Crippen MR) is 71.0 cm³/mol. The van der Waals surface area contributed by atoms with Gasteiger partial charge in [-0.25, -0.2) is 4.39 Å². The highest BCUT2D eigenvalue weighted by molar-refractivity contribution is 9.10. The van der Waals surface area contributed by atoms with Crippen LogP contribution in [-0.2, 0) is 0 Å². The Morgan fingerprint density at radius 3 is 2.65 bits per heavy atom. The van der Waals surface area contributed by atoms with Crippen LogP contribution in [0, 0.1) is 12.7 Å². The number of nitrogens with one attached hydrogen (secondary N) is 1. The second kappa shape index (κ2) is 3.95. The van der Waals surface area contributed by atoms with Crippen LogP contribution in [0.2, 0.25) is 0 Å². The van der Waals surface area contributed by atoms with Crippen molar-refractivity contribution in [3.05, 3.63) is 27.5 Å². The van der Waals surface area contributed by atoms with Crippen LogP contribution in [0.4, 0.5) is 10.1 Å². The van der Waals surface area contributed by atoms with Crippen LogP contribution in [-0.4, -0.2) is 16.7 Å². The maximum absolute atomic E-state index is 14.1. The third-order valence-electron chi connectivity index (χ3n) is 3.57. The molecule has 2 nitrogen and oxygen atoms in total. The number of aryl methyl sites for hydroxylation is 1. The van der Waals surface area contributed by atoms with Gasteiger partial charge in [-0.3, -0.25) is 0 Å². The highest BCUT2D eigenvalue weighted by atomic mass is 79.9. The Morgan fingerprint density at radius 1 is 1.47 bits per heavy atom. The Balaban J connectivity index is 2.69. The number of fused-ring (bicyclic) bond motifs is 1. The molecule has 2 rings (SSSR count). The first kappa shape index (κ1) is 12.8. The molecule has 2 atom stereocenters. The summed E-state index contributed by atoms with van der Waals surface area (Å²) in [5.74, 6) is -0.502. The number of aliphatic hydroxyl groups is 1. The van der Waals surface area contributed by atoms with Gasteiger partial charge in [-0.15, -0.1) is 0 Å². The summed E-state index contributed by atoms with van der Waals surface area (Å²) in [6.45, 7) is 7.66. The normalized spacial score (nSPS) is 26.3. The van der Waals surface area contributed by atoms with Crippen molar-refractivity contribution in [3.63, 3.8) is 0 Å². The first-order valence-corrected chi connectivity index (χ1v) is 6.49. The Hall–Kier alpha value is -0.610. The molecule has 0 spiro atoms. The lowest BCUT2D eigenvalue weighted by atomic mass is 9.78. The third-order valence-corrected chi connectivity index (χ3v) is 4.15. The lowest BCUT2D eigenvalue weighted by Gasteiger charge is -2.43. The highest BCUT2D eigenvalue weighted by Gasteiger charge is 2.40. The van der Waals surface area contributed by atoms with Gasteiger partial charge in [0.25, 0.3) is 0 Å². The van der Waals surface area contributed by atoms with Gasteiger partial charge in [0.2, 0.25) is 0 Å². The van der Waals surface area contributed by atoms with E-state index in [9.17, 15) is 9.50 Å². The number of rotatable bonds is 0. The van der Waals surface area contributed by atoms with E-state index >= 15 is 0 Å². The molecular formula is C13H17BrFNO. The summed E-state index contributed by atoms with van der Waals surface area (Å²) in [6, 6.07) is 1.77. The van der Waals surface area contributed by atoms with Crippen LogP contribution in [0.5, 0.6) is 0 Å². The number of benzene rings is 1. The van der Waals surface area contributed by atoms with Crippen LogP contribution < -0.4 is 5.32 Å². The molecule has 0 saturated heterocycles. The zero-order chi connectivity index (χ0) is 13.0. The molecule has 94 valence electrons. The van der Waals surface area contributed by atoms with E-state index < -0.39 is 11.6 Å². The number of aliphatic hydroxyl groups excluding tert-OH is 1. The summed E-state index contributed by atoms with van der Waals surface area (Å²) in [5, 5.41) is 13.5. The Morgan fingerprint density at radius 2 is 2.06 bits per heavy atom. The molecule has 0 fully saturated rings. The predicted octanol–water partition coefficient (Wildman–Crippen LogP) is 3.57. The van der Waals surface area contributed by atoms with Crippen molar-refractivity contribution >= 4 is 21.6 Å². The van der Waals surface area contributed by atoms with E-state index in [0.717, 1.165) is 11.3 Å². The van der Waals surface area contributed by atoms with Gasteiger partial charge in [0, 0.05) is 17.2 Å². The number of halogens is 2. The fourth-order valence-electron chi connectivity index (χ4n) is 2.55. The molecule has 4 heteroatoms. The van der Waals surface area contributed by atoms with Crippen molar-refractivity contribution in [2.24, 2.45) is 0 Å². The van der Waals surface area contributed by atoms with Crippen LogP contribution >= 0.6 is 15.9 Å². The van der Waals surface area contributed by atoms with Gasteiger partial charge in [0.1, 0.15) is 5.82 Å². The minimum absolute atomic E-state index is 0.225. The van der Waals surface area contributed by atoms with Crippen molar-refractivity contribution in [2.45, 2.75) is 45.3 Å². The summed E-state index contributed by atoms with van der Waals surface area (Å²) >= 11 is 3.22. The van der Waals surface area contributed by atoms with Gasteiger partial charge in [-0.2, -0.15) is 0 Å². The van der Waals surface area contributed by atoms with Crippen LogP contribution in [0.3, 0.4) is 0 Å². The summed E-state index contributed by atoms with van der Waals surface area (Å²) in [4.78, 5) is 0. The largest absolute Gasteiger partial charge is 0.390 e. The van der Waals surface area contributed by atoms with Gasteiger partial charge in [0.15, 0.2) is 0 Å².